The first-order valence-electron chi connectivity index (χ1n) is 8.44. The quantitative estimate of drug-likeness (QED) is 0.796. The Morgan fingerprint density at radius 2 is 1.92 bits per heavy atom. The highest BCUT2D eigenvalue weighted by atomic mass is 32.1. The summed E-state index contributed by atoms with van der Waals surface area (Å²) >= 11 is 1.67. The number of carbonyl (C=O) groups is 1. The first kappa shape index (κ1) is 15.7. The highest BCUT2D eigenvalue weighted by Crippen LogP contribution is 2.43. The van der Waals surface area contributed by atoms with Gasteiger partial charge in [0, 0.05) is 56.9 Å². The van der Waals surface area contributed by atoms with E-state index in [1.54, 1.807) is 11.3 Å². The molecule has 4 rings (SSSR count). The van der Waals surface area contributed by atoms with Crippen molar-refractivity contribution in [3.05, 3.63) is 22.6 Å². The molecule has 2 aliphatic heterocycles. The fourth-order valence-electron chi connectivity index (χ4n) is 3.62. The number of benzene rings is 1. The zero-order valence-electron chi connectivity index (χ0n) is 14.5. The molecular formula is C18H23N3O2S. The molecule has 0 atom stereocenters. The van der Waals surface area contributed by atoms with Crippen LogP contribution in [0.5, 0.6) is 5.75 Å². The fourth-order valence-corrected chi connectivity index (χ4v) is 4.65. The molecule has 2 aliphatic rings. The Labute approximate surface area is 146 Å². The van der Waals surface area contributed by atoms with E-state index in [1.165, 1.54) is 22.2 Å². The Hall–Kier alpha value is -1.79. The van der Waals surface area contributed by atoms with Gasteiger partial charge in [-0.15, -0.1) is 11.3 Å². The topological polar surface area (TPSA) is 36.0 Å². The molecule has 24 heavy (non-hydrogen) atoms. The van der Waals surface area contributed by atoms with Crippen LogP contribution in [-0.2, 0) is 6.42 Å². The standard InChI is InChI=1S/C18H23N3O2S/c1-12-11-24-17-15(10-14-13(16(12)17)4-5-20(14)3)23-18(22)21-8-6-19(2)7-9-21/h10-11H,4-9H2,1-3H3. The van der Waals surface area contributed by atoms with Crippen LogP contribution in [0.1, 0.15) is 11.1 Å². The summed E-state index contributed by atoms with van der Waals surface area (Å²) < 4.78 is 6.94. The summed E-state index contributed by atoms with van der Waals surface area (Å²) in [5, 5.41) is 3.44. The molecule has 128 valence electrons. The lowest BCUT2D eigenvalue weighted by Crippen LogP contribution is -2.48. The lowest BCUT2D eigenvalue weighted by atomic mass is 10.0. The first-order valence-corrected chi connectivity index (χ1v) is 9.32. The van der Waals surface area contributed by atoms with Crippen LogP contribution in [0.4, 0.5) is 10.5 Å². The molecule has 5 nitrogen and oxygen atoms in total. The minimum absolute atomic E-state index is 0.226. The summed E-state index contributed by atoms with van der Waals surface area (Å²) in [4.78, 5) is 18.9. The van der Waals surface area contributed by atoms with Gasteiger partial charge in [-0.1, -0.05) is 0 Å². The van der Waals surface area contributed by atoms with Gasteiger partial charge in [-0.3, -0.25) is 0 Å². The minimum atomic E-state index is -0.226. The van der Waals surface area contributed by atoms with Crippen molar-refractivity contribution in [2.75, 3.05) is 51.7 Å². The second-order valence-corrected chi connectivity index (χ2v) is 7.70. The number of anilines is 1. The smallest absolute Gasteiger partial charge is 0.409 e. The Morgan fingerprint density at radius 3 is 2.67 bits per heavy atom. The number of hydrogen-bond acceptors (Lipinski definition) is 5. The van der Waals surface area contributed by atoms with E-state index in [4.69, 9.17) is 4.74 Å². The largest absolute Gasteiger partial charge is 0.415 e. The monoisotopic (exact) mass is 345 g/mol. The van der Waals surface area contributed by atoms with E-state index in [0.29, 0.717) is 5.75 Å². The second-order valence-electron chi connectivity index (χ2n) is 6.83. The van der Waals surface area contributed by atoms with Crippen LogP contribution < -0.4 is 9.64 Å². The second kappa shape index (κ2) is 5.93. The molecule has 0 bridgehead atoms. The number of ether oxygens (including phenoxy) is 1. The molecule has 2 aromatic rings. The summed E-state index contributed by atoms with van der Waals surface area (Å²) in [6, 6.07) is 2.05. The van der Waals surface area contributed by atoms with E-state index >= 15 is 0 Å². The number of fused-ring (bicyclic) bond motifs is 3. The van der Waals surface area contributed by atoms with E-state index in [2.05, 4.69) is 42.3 Å². The summed E-state index contributed by atoms with van der Waals surface area (Å²) in [5.74, 6) is 0.708. The average Bonchev–Trinajstić information content (AvgIpc) is 3.12. The third kappa shape index (κ3) is 2.54. The number of aryl methyl sites for hydroxylation is 1. The zero-order chi connectivity index (χ0) is 16.8. The molecule has 1 amide bonds. The fraction of sp³-hybridized carbons (Fsp3) is 0.500. The number of carbonyl (C=O) groups excluding carboxylic acids is 1. The molecule has 0 unspecified atom stereocenters. The molecular weight excluding hydrogens is 322 g/mol. The third-order valence-corrected chi connectivity index (χ3v) is 6.26. The van der Waals surface area contributed by atoms with E-state index < -0.39 is 0 Å². The number of likely N-dealkylation sites (N-methyl/N-ethyl adjacent to an activating group) is 2. The SMILES string of the molecule is Cc1csc2c(OC(=O)N3CCN(C)CC3)cc3c(c12)CCN3C. The predicted octanol–water partition coefficient (Wildman–Crippen LogP) is 2.95. The molecule has 1 saturated heterocycles. The Bertz CT molecular complexity index is 793. The molecule has 6 heteroatoms. The van der Waals surface area contributed by atoms with Crippen molar-refractivity contribution in [1.82, 2.24) is 9.80 Å². The van der Waals surface area contributed by atoms with E-state index in [1.807, 2.05) is 4.90 Å². The van der Waals surface area contributed by atoms with Crippen molar-refractivity contribution in [2.45, 2.75) is 13.3 Å². The van der Waals surface area contributed by atoms with Gasteiger partial charge in [0.15, 0.2) is 5.75 Å². The number of piperazine rings is 1. The van der Waals surface area contributed by atoms with Crippen LogP contribution in [0.15, 0.2) is 11.4 Å². The van der Waals surface area contributed by atoms with Crippen molar-refractivity contribution in [1.29, 1.82) is 0 Å². The average molecular weight is 345 g/mol. The summed E-state index contributed by atoms with van der Waals surface area (Å²) in [6.45, 7) is 6.42. The van der Waals surface area contributed by atoms with Gasteiger partial charge in [0.2, 0.25) is 0 Å². The summed E-state index contributed by atoms with van der Waals surface area (Å²) in [7, 11) is 4.18. The van der Waals surface area contributed by atoms with Gasteiger partial charge in [0.1, 0.15) is 0 Å². The van der Waals surface area contributed by atoms with Crippen molar-refractivity contribution < 1.29 is 9.53 Å². The highest BCUT2D eigenvalue weighted by molar-refractivity contribution is 7.17. The van der Waals surface area contributed by atoms with Gasteiger partial charge < -0.3 is 19.4 Å². The molecule has 0 N–H and O–H groups in total. The first-order chi connectivity index (χ1) is 11.5. The molecule has 0 radical (unpaired) electrons. The van der Waals surface area contributed by atoms with Gasteiger partial charge in [-0.25, -0.2) is 4.79 Å². The molecule has 0 saturated carbocycles. The van der Waals surface area contributed by atoms with Gasteiger partial charge >= 0.3 is 6.09 Å². The lowest BCUT2D eigenvalue weighted by Gasteiger charge is -2.31. The summed E-state index contributed by atoms with van der Waals surface area (Å²) in [5.41, 5.74) is 3.87. The Kier molecular flexibility index (Phi) is 3.89. The maximum atomic E-state index is 12.6. The van der Waals surface area contributed by atoms with E-state index in [0.717, 1.165) is 43.8 Å². The number of hydrogen-bond donors (Lipinski definition) is 0. The van der Waals surface area contributed by atoms with Crippen molar-refractivity contribution in [3.63, 3.8) is 0 Å². The summed E-state index contributed by atoms with van der Waals surface area (Å²) in [6.07, 6.45) is 0.836. The van der Waals surface area contributed by atoms with E-state index in [9.17, 15) is 4.79 Å². The van der Waals surface area contributed by atoms with Gasteiger partial charge in [0.05, 0.1) is 4.70 Å². The van der Waals surface area contributed by atoms with Crippen molar-refractivity contribution in [3.8, 4) is 5.75 Å². The van der Waals surface area contributed by atoms with Crippen LogP contribution >= 0.6 is 11.3 Å². The molecule has 3 heterocycles. The maximum absolute atomic E-state index is 12.6. The van der Waals surface area contributed by atoms with Crippen LogP contribution in [0.25, 0.3) is 10.1 Å². The van der Waals surface area contributed by atoms with Gasteiger partial charge in [-0.05, 0) is 36.9 Å². The van der Waals surface area contributed by atoms with E-state index in [-0.39, 0.29) is 6.09 Å². The molecule has 1 aromatic heterocycles. The molecule has 1 aromatic carbocycles. The minimum Gasteiger partial charge on any atom is -0.409 e. The number of amides is 1. The predicted molar refractivity (Wildman–Crippen MR) is 98.6 cm³/mol. The van der Waals surface area contributed by atoms with Gasteiger partial charge in [0.25, 0.3) is 0 Å². The zero-order valence-corrected chi connectivity index (χ0v) is 15.3. The van der Waals surface area contributed by atoms with Crippen LogP contribution in [-0.4, -0.2) is 62.7 Å². The Morgan fingerprint density at radius 1 is 1.17 bits per heavy atom. The van der Waals surface area contributed by atoms with Crippen LogP contribution in [0.3, 0.4) is 0 Å². The van der Waals surface area contributed by atoms with Crippen LogP contribution in [0.2, 0.25) is 0 Å². The Balaban J connectivity index is 1.67. The lowest BCUT2D eigenvalue weighted by molar-refractivity contribution is 0.121. The molecule has 0 spiro atoms. The maximum Gasteiger partial charge on any atom is 0.415 e. The number of nitrogens with zero attached hydrogens (tertiary/aromatic N) is 3. The number of rotatable bonds is 1. The number of thiophene rings is 1. The normalized spacial score (nSPS) is 18.3. The van der Waals surface area contributed by atoms with Crippen molar-refractivity contribution in [2.24, 2.45) is 0 Å². The van der Waals surface area contributed by atoms with Gasteiger partial charge in [-0.2, -0.15) is 0 Å². The van der Waals surface area contributed by atoms with Crippen molar-refractivity contribution >= 4 is 33.2 Å². The molecule has 0 aliphatic carbocycles. The highest BCUT2D eigenvalue weighted by Gasteiger charge is 2.26. The van der Waals surface area contributed by atoms with Crippen LogP contribution in [0, 0.1) is 6.92 Å². The molecule has 1 fully saturated rings. The third-order valence-electron chi connectivity index (χ3n) is 5.14.